The summed E-state index contributed by atoms with van der Waals surface area (Å²) in [7, 11) is -2.01. The van der Waals surface area contributed by atoms with E-state index in [0.29, 0.717) is 19.0 Å². The highest BCUT2D eigenvalue weighted by Crippen LogP contribution is 2.20. The zero-order valence-electron chi connectivity index (χ0n) is 11.4. The van der Waals surface area contributed by atoms with E-state index in [0.717, 1.165) is 19.4 Å². The van der Waals surface area contributed by atoms with Crippen molar-refractivity contribution in [1.82, 2.24) is 10.3 Å². The molecule has 112 valence electrons. The summed E-state index contributed by atoms with van der Waals surface area (Å²) >= 11 is 0. The average molecular weight is 300 g/mol. The Morgan fingerprint density at radius 3 is 2.85 bits per heavy atom. The summed E-state index contributed by atoms with van der Waals surface area (Å²) in [5.74, 6) is 0.613. The largest absolute Gasteiger partial charge is 0.383 e. The summed E-state index contributed by atoms with van der Waals surface area (Å²) in [5.41, 5.74) is -0.0882. The minimum Gasteiger partial charge on any atom is -0.383 e. The van der Waals surface area contributed by atoms with Crippen molar-refractivity contribution in [3.05, 3.63) is 18.3 Å². The minimum atomic E-state index is -3.69. The van der Waals surface area contributed by atoms with Crippen molar-refractivity contribution in [3.8, 4) is 0 Å². The molecule has 0 saturated carbocycles. The van der Waals surface area contributed by atoms with Gasteiger partial charge in [0.25, 0.3) is 0 Å². The fraction of sp³-hybridized carbons (Fsp3) is 0.583. The minimum absolute atomic E-state index is 0.00801. The van der Waals surface area contributed by atoms with Crippen LogP contribution in [-0.2, 0) is 14.8 Å². The number of rotatable bonds is 6. The molecule has 1 aliphatic heterocycles. The molecule has 7 nitrogen and oxygen atoms in total. The standard InChI is InChI=1S/C12H20N4O3S/c1-19-9-12(5-2-6-16-12)8-15-11-4-3-10(7-14-11)20(13,17)18/h3-4,7,16H,2,5-6,8-9H2,1H3,(H,14,15)(H2,13,17,18). The highest BCUT2D eigenvalue weighted by Gasteiger charge is 2.33. The normalized spacial score (nSPS) is 22.9. The van der Waals surface area contributed by atoms with E-state index in [2.05, 4.69) is 15.6 Å². The van der Waals surface area contributed by atoms with E-state index < -0.39 is 10.0 Å². The fourth-order valence-electron chi connectivity index (χ4n) is 2.38. The number of sulfonamides is 1. The molecule has 2 rings (SSSR count). The van der Waals surface area contributed by atoms with E-state index in [1.165, 1.54) is 12.3 Å². The van der Waals surface area contributed by atoms with Gasteiger partial charge in [0.1, 0.15) is 10.7 Å². The molecule has 0 aliphatic carbocycles. The van der Waals surface area contributed by atoms with Crippen LogP contribution in [0.4, 0.5) is 5.82 Å². The van der Waals surface area contributed by atoms with Gasteiger partial charge in [-0.1, -0.05) is 0 Å². The Morgan fingerprint density at radius 1 is 1.55 bits per heavy atom. The highest BCUT2D eigenvalue weighted by atomic mass is 32.2. The molecule has 1 unspecified atom stereocenters. The molecule has 1 saturated heterocycles. The molecule has 0 aromatic carbocycles. The summed E-state index contributed by atoms with van der Waals surface area (Å²) in [6.45, 7) is 2.26. The molecule has 2 heterocycles. The van der Waals surface area contributed by atoms with Crippen molar-refractivity contribution >= 4 is 15.8 Å². The predicted octanol–water partition coefficient (Wildman–Crippen LogP) is -0.0905. The van der Waals surface area contributed by atoms with Crippen LogP contribution in [-0.4, -0.2) is 45.7 Å². The maximum atomic E-state index is 11.1. The number of nitrogens with two attached hydrogens (primary N) is 1. The SMILES string of the molecule is COCC1(CNc2ccc(S(N)(=O)=O)cn2)CCCN1. The van der Waals surface area contributed by atoms with Crippen molar-refractivity contribution in [2.24, 2.45) is 5.14 Å². The Hall–Kier alpha value is -1.22. The second-order valence-corrected chi connectivity index (χ2v) is 6.58. The van der Waals surface area contributed by atoms with E-state index in [1.54, 1.807) is 13.2 Å². The van der Waals surface area contributed by atoms with Crippen LogP contribution in [0, 0.1) is 0 Å². The van der Waals surface area contributed by atoms with Crippen LogP contribution in [0.5, 0.6) is 0 Å². The monoisotopic (exact) mass is 300 g/mol. The third-order valence-corrected chi connectivity index (χ3v) is 4.32. The Bertz CT molecular complexity index is 538. The lowest BCUT2D eigenvalue weighted by Crippen LogP contribution is -2.49. The van der Waals surface area contributed by atoms with Gasteiger partial charge in [-0.05, 0) is 31.5 Å². The zero-order chi connectivity index (χ0) is 14.6. The quantitative estimate of drug-likeness (QED) is 0.678. The first-order valence-corrected chi connectivity index (χ1v) is 7.97. The molecule has 0 bridgehead atoms. The van der Waals surface area contributed by atoms with Crippen LogP contribution in [0.25, 0.3) is 0 Å². The van der Waals surface area contributed by atoms with Gasteiger partial charge in [-0.3, -0.25) is 0 Å². The zero-order valence-corrected chi connectivity index (χ0v) is 12.2. The number of anilines is 1. The van der Waals surface area contributed by atoms with Crippen LogP contribution in [0.2, 0.25) is 0 Å². The van der Waals surface area contributed by atoms with Crippen molar-refractivity contribution in [1.29, 1.82) is 0 Å². The third kappa shape index (κ3) is 3.66. The van der Waals surface area contributed by atoms with Crippen molar-refractivity contribution < 1.29 is 13.2 Å². The number of nitrogens with zero attached hydrogens (tertiary/aromatic N) is 1. The number of pyridine rings is 1. The molecule has 0 spiro atoms. The van der Waals surface area contributed by atoms with E-state index in [9.17, 15) is 8.42 Å². The summed E-state index contributed by atoms with van der Waals surface area (Å²) in [4.78, 5) is 4.07. The third-order valence-electron chi connectivity index (χ3n) is 3.43. The molecule has 1 aliphatic rings. The number of hydrogen-bond acceptors (Lipinski definition) is 6. The highest BCUT2D eigenvalue weighted by molar-refractivity contribution is 7.89. The lowest BCUT2D eigenvalue weighted by atomic mass is 9.99. The Labute approximate surface area is 119 Å². The van der Waals surface area contributed by atoms with Crippen LogP contribution < -0.4 is 15.8 Å². The molecule has 1 aromatic heterocycles. The maximum Gasteiger partial charge on any atom is 0.239 e. The van der Waals surface area contributed by atoms with Gasteiger partial charge in [0.2, 0.25) is 10.0 Å². The average Bonchev–Trinajstić information content (AvgIpc) is 2.85. The first-order valence-electron chi connectivity index (χ1n) is 6.42. The first-order chi connectivity index (χ1) is 9.45. The second-order valence-electron chi connectivity index (χ2n) is 5.02. The van der Waals surface area contributed by atoms with Gasteiger partial charge in [0.05, 0.1) is 12.1 Å². The second kappa shape index (κ2) is 6.04. The van der Waals surface area contributed by atoms with Crippen LogP contribution in [0.3, 0.4) is 0 Å². The molecule has 20 heavy (non-hydrogen) atoms. The van der Waals surface area contributed by atoms with Gasteiger partial charge in [-0.25, -0.2) is 18.5 Å². The summed E-state index contributed by atoms with van der Waals surface area (Å²) in [6.07, 6.45) is 3.40. The summed E-state index contributed by atoms with van der Waals surface area (Å²) in [6, 6.07) is 3.05. The van der Waals surface area contributed by atoms with Crippen molar-refractivity contribution in [2.75, 3.05) is 32.1 Å². The maximum absolute atomic E-state index is 11.1. The number of methoxy groups -OCH3 is 1. The predicted molar refractivity (Wildman–Crippen MR) is 75.9 cm³/mol. The van der Waals surface area contributed by atoms with Crippen LogP contribution >= 0.6 is 0 Å². The first kappa shape index (κ1) is 15.2. The lowest BCUT2D eigenvalue weighted by molar-refractivity contribution is 0.127. The number of hydrogen-bond donors (Lipinski definition) is 3. The molecule has 4 N–H and O–H groups in total. The van der Waals surface area contributed by atoms with E-state index in [-0.39, 0.29) is 10.4 Å². The Balaban J connectivity index is 2.00. The van der Waals surface area contributed by atoms with Gasteiger partial charge in [0, 0.05) is 19.9 Å². The summed E-state index contributed by atoms with van der Waals surface area (Å²) in [5, 5.41) is 11.7. The Kier molecular flexibility index (Phi) is 4.59. The molecule has 0 radical (unpaired) electrons. The Morgan fingerprint density at radius 2 is 2.35 bits per heavy atom. The van der Waals surface area contributed by atoms with Gasteiger partial charge < -0.3 is 15.4 Å². The van der Waals surface area contributed by atoms with Crippen molar-refractivity contribution in [2.45, 2.75) is 23.3 Å². The lowest BCUT2D eigenvalue weighted by Gasteiger charge is -2.29. The van der Waals surface area contributed by atoms with Gasteiger partial charge in [-0.15, -0.1) is 0 Å². The van der Waals surface area contributed by atoms with Crippen molar-refractivity contribution in [3.63, 3.8) is 0 Å². The molecule has 0 amide bonds. The summed E-state index contributed by atoms with van der Waals surface area (Å²) < 4.78 is 27.5. The molecule has 1 atom stereocenters. The fourth-order valence-corrected chi connectivity index (χ4v) is 2.84. The molecular formula is C12H20N4O3S. The van der Waals surface area contributed by atoms with Gasteiger partial charge >= 0.3 is 0 Å². The van der Waals surface area contributed by atoms with Gasteiger partial charge in [0.15, 0.2) is 0 Å². The van der Waals surface area contributed by atoms with Crippen LogP contribution in [0.1, 0.15) is 12.8 Å². The smallest absolute Gasteiger partial charge is 0.239 e. The van der Waals surface area contributed by atoms with Crippen LogP contribution in [0.15, 0.2) is 23.2 Å². The molecule has 1 aromatic rings. The topological polar surface area (TPSA) is 106 Å². The van der Waals surface area contributed by atoms with E-state index >= 15 is 0 Å². The van der Waals surface area contributed by atoms with E-state index in [4.69, 9.17) is 9.88 Å². The number of primary sulfonamides is 1. The van der Waals surface area contributed by atoms with Gasteiger partial charge in [-0.2, -0.15) is 0 Å². The molecule has 8 heteroatoms. The molecule has 1 fully saturated rings. The number of aromatic nitrogens is 1. The van der Waals surface area contributed by atoms with E-state index in [1.807, 2.05) is 0 Å². The molecular weight excluding hydrogens is 280 g/mol. The number of nitrogens with one attached hydrogen (secondary N) is 2. The number of ether oxygens (including phenoxy) is 1.